The number of benzene rings is 1. The highest BCUT2D eigenvalue weighted by Gasteiger charge is 2.71. The molecule has 7 nitrogen and oxygen atoms in total. The summed E-state index contributed by atoms with van der Waals surface area (Å²) in [6.07, 6.45) is 11.3. The van der Waals surface area contributed by atoms with Crippen molar-refractivity contribution in [3.63, 3.8) is 0 Å². The number of fused-ring (bicyclic) bond motifs is 3. The largest absolute Gasteiger partial charge is 0.511 e. The third-order valence-corrected chi connectivity index (χ3v) is 12.6. The van der Waals surface area contributed by atoms with E-state index in [1.807, 2.05) is 32.9 Å². The van der Waals surface area contributed by atoms with Gasteiger partial charge in [0.2, 0.25) is 5.78 Å². The Hall–Kier alpha value is -3.45. The first-order valence-electron chi connectivity index (χ1n) is 17.8. The molecule has 1 aromatic carbocycles. The van der Waals surface area contributed by atoms with E-state index in [0.717, 1.165) is 30.4 Å². The maximum absolute atomic E-state index is 14.7. The van der Waals surface area contributed by atoms with Crippen LogP contribution in [-0.2, 0) is 16.0 Å². The summed E-state index contributed by atoms with van der Waals surface area (Å²) in [4.78, 5) is 41.5. The van der Waals surface area contributed by atoms with Crippen LogP contribution >= 0.6 is 0 Å². The highest BCUT2D eigenvalue weighted by Crippen LogP contribution is 2.65. The minimum atomic E-state index is -2.62. The zero-order chi connectivity index (χ0) is 35.2. The van der Waals surface area contributed by atoms with Crippen molar-refractivity contribution in [3.05, 3.63) is 68.7 Å². The second kappa shape index (κ2) is 11.6. The van der Waals surface area contributed by atoms with Crippen LogP contribution in [0.1, 0.15) is 133 Å². The lowest BCUT2D eigenvalue weighted by Crippen LogP contribution is -2.67. The molecule has 0 amide bonds. The quantitative estimate of drug-likeness (QED) is 0.226. The molecule has 4 N–H and O–H groups in total. The number of carbonyl (C=O) groups excluding carboxylic acids is 3. The summed E-state index contributed by atoms with van der Waals surface area (Å²) in [5, 5.41) is 47.8. The molecule has 1 fully saturated rings. The van der Waals surface area contributed by atoms with Gasteiger partial charge in [0, 0.05) is 27.9 Å². The Morgan fingerprint density at radius 2 is 1.65 bits per heavy atom. The van der Waals surface area contributed by atoms with E-state index in [0.29, 0.717) is 23.5 Å². The van der Waals surface area contributed by atoms with Crippen LogP contribution in [0.2, 0.25) is 0 Å². The molecule has 7 heteroatoms. The van der Waals surface area contributed by atoms with Gasteiger partial charge in [0.1, 0.15) is 22.8 Å². The van der Waals surface area contributed by atoms with E-state index in [2.05, 4.69) is 26.8 Å². The number of aliphatic hydroxyl groups is 3. The fourth-order valence-corrected chi connectivity index (χ4v) is 10.4. The predicted octanol–water partition coefficient (Wildman–Crippen LogP) is 8.40. The summed E-state index contributed by atoms with van der Waals surface area (Å²) in [6.45, 7) is 14.8. The first-order valence-corrected chi connectivity index (χ1v) is 17.8. The van der Waals surface area contributed by atoms with Crippen LogP contribution in [0.15, 0.2) is 46.5 Å². The zero-order valence-corrected chi connectivity index (χ0v) is 29.8. The Morgan fingerprint density at radius 3 is 2.23 bits per heavy atom. The van der Waals surface area contributed by atoms with Crippen LogP contribution < -0.4 is 0 Å². The van der Waals surface area contributed by atoms with Crippen molar-refractivity contribution >= 4 is 22.9 Å². The summed E-state index contributed by atoms with van der Waals surface area (Å²) in [5.74, 6) is -3.42. The molecular weight excluding hydrogens is 604 g/mol. The maximum atomic E-state index is 14.7. The lowest BCUT2D eigenvalue weighted by Gasteiger charge is -2.59. The van der Waals surface area contributed by atoms with Gasteiger partial charge in [0.15, 0.2) is 17.2 Å². The smallest absolute Gasteiger partial charge is 0.209 e. The standard InChI is InChI=1S/C41H52O7/c1-20(2)27-17-28(26-14-13-25(16-26)15-24-11-9-22(5)10-12-24)34(43)31-29(27)18-39(7)19-40(8)32(21(3)4)35(44)30(23(6)42)37(46)41(40,48)38(47)33(39)36(31)45/h13-14,17,20-22,24,32,43-44,47-48H,9-12,15-16,18-19H2,1-8H3/t22?,24?,32?,39-,40-,41+/m1/s1. The van der Waals surface area contributed by atoms with Crippen molar-refractivity contribution in [2.24, 2.45) is 34.5 Å². The molecule has 5 aliphatic carbocycles. The number of aromatic hydroxyl groups is 1. The molecular formula is C41H52O7. The number of hydrogen-bond donors (Lipinski definition) is 4. The van der Waals surface area contributed by atoms with Gasteiger partial charge in [0.25, 0.3) is 0 Å². The van der Waals surface area contributed by atoms with E-state index >= 15 is 0 Å². The van der Waals surface area contributed by atoms with Crippen molar-refractivity contribution in [3.8, 4) is 5.75 Å². The number of rotatable bonds is 6. The van der Waals surface area contributed by atoms with E-state index in [9.17, 15) is 34.8 Å². The van der Waals surface area contributed by atoms with Crippen LogP contribution in [0.25, 0.3) is 5.57 Å². The van der Waals surface area contributed by atoms with Crippen molar-refractivity contribution in [1.29, 1.82) is 0 Å². The minimum Gasteiger partial charge on any atom is -0.511 e. The highest BCUT2D eigenvalue weighted by atomic mass is 16.3. The molecule has 1 saturated carbocycles. The summed E-state index contributed by atoms with van der Waals surface area (Å²) < 4.78 is 0. The van der Waals surface area contributed by atoms with Gasteiger partial charge in [-0.1, -0.05) is 79.0 Å². The molecule has 0 bridgehead atoms. The highest BCUT2D eigenvalue weighted by molar-refractivity contribution is 6.25. The Kier molecular flexibility index (Phi) is 8.30. The fourth-order valence-electron chi connectivity index (χ4n) is 10.4. The maximum Gasteiger partial charge on any atom is 0.209 e. The molecule has 6 rings (SSSR count). The molecule has 1 aromatic rings. The van der Waals surface area contributed by atoms with Crippen LogP contribution in [0.4, 0.5) is 0 Å². The Balaban J connectivity index is 1.46. The summed E-state index contributed by atoms with van der Waals surface area (Å²) in [7, 11) is 0. The van der Waals surface area contributed by atoms with Crippen molar-refractivity contribution in [2.45, 2.75) is 118 Å². The summed E-state index contributed by atoms with van der Waals surface area (Å²) >= 11 is 0. The monoisotopic (exact) mass is 656 g/mol. The fraction of sp³-hybridized carbons (Fsp3) is 0.585. The van der Waals surface area contributed by atoms with Crippen LogP contribution in [0.5, 0.6) is 5.75 Å². The average molecular weight is 657 g/mol. The number of ketones is 3. The third kappa shape index (κ3) is 4.81. The van der Waals surface area contributed by atoms with E-state index in [-0.39, 0.29) is 47.3 Å². The minimum absolute atomic E-state index is 0.0215. The topological polar surface area (TPSA) is 132 Å². The van der Waals surface area contributed by atoms with E-state index in [1.165, 1.54) is 31.3 Å². The van der Waals surface area contributed by atoms with Crippen LogP contribution in [0.3, 0.4) is 0 Å². The normalized spacial score (nSPS) is 33.5. The Labute approximate surface area is 284 Å². The van der Waals surface area contributed by atoms with Gasteiger partial charge in [-0.2, -0.15) is 0 Å². The lowest BCUT2D eigenvalue weighted by atomic mass is 9.44. The Morgan fingerprint density at radius 1 is 1.00 bits per heavy atom. The molecule has 4 atom stereocenters. The van der Waals surface area contributed by atoms with Gasteiger partial charge >= 0.3 is 0 Å². The average Bonchev–Trinajstić information content (AvgIpc) is 3.43. The summed E-state index contributed by atoms with van der Waals surface area (Å²) in [6, 6.07) is 2.02. The second-order valence-electron chi connectivity index (χ2n) is 16.9. The first kappa shape index (κ1) is 34.4. The van der Waals surface area contributed by atoms with Crippen LogP contribution in [0, 0.1) is 34.5 Å². The molecule has 1 unspecified atom stereocenters. The molecule has 48 heavy (non-hydrogen) atoms. The van der Waals surface area contributed by atoms with Crippen LogP contribution in [-0.4, -0.2) is 43.4 Å². The number of phenolic OH excluding ortho intramolecular Hbond substituents is 1. The zero-order valence-electron chi connectivity index (χ0n) is 29.8. The second-order valence-corrected chi connectivity index (χ2v) is 16.9. The first-order chi connectivity index (χ1) is 22.4. The number of hydrogen-bond acceptors (Lipinski definition) is 7. The number of allylic oxidation sites excluding steroid dienone is 6. The van der Waals surface area contributed by atoms with Crippen molar-refractivity contribution in [2.75, 3.05) is 0 Å². The predicted molar refractivity (Wildman–Crippen MR) is 186 cm³/mol. The van der Waals surface area contributed by atoms with E-state index in [4.69, 9.17) is 0 Å². The third-order valence-electron chi connectivity index (χ3n) is 12.6. The molecule has 0 aromatic heterocycles. The van der Waals surface area contributed by atoms with Crippen molar-refractivity contribution < 1.29 is 34.8 Å². The molecule has 0 saturated heterocycles. The number of phenols is 1. The molecule has 0 radical (unpaired) electrons. The van der Waals surface area contributed by atoms with Crippen molar-refractivity contribution in [1.82, 2.24) is 0 Å². The number of carbonyl (C=O) groups is 3. The molecule has 5 aliphatic rings. The molecule has 258 valence electrons. The van der Waals surface area contributed by atoms with Gasteiger partial charge in [-0.25, -0.2) is 0 Å². The van der Waals surface area contributed by atoms with Gasteiger partial charge in [0.05, 0.1) is 5.56 Å². The Bertz CT molecular complexity index is 1740. The molecule has 0 aliphatic heterocycles. The van der Waals surface area contributed by atoms with Gasteiger partial charge < -0.3 is 20.4 Å². The molecule has 0 spiro atoms. The van der Waals surface area contributed by atoms with Gasteiger partial charge in [-0.05, 0) is 91.9 Å². The van der Waals surface area contributed by atoms with Gasteiger partial charge in [-0.3, -0.25) is 14.4 Å². The molecule has 0 heterocycles. The van der Waals surface area contributed by atoms with E-state index < -0.39 is 51.0 Å². The lowest BCUT2D eigenvalue weighted by molar-refractivity contribution is -0.171. The number of Topliss-reactive ketones (excluding diaryl/α,β-unsaturated/α-hetero) is 3. The number of aliphatic hydroxyl groups excluding tert-OH is 2. The summed E-state index contributed by atoms with van der Waals surface area (Å²) in [5.41, 5.74) is -1.12. The SMILES string of the molecule is CC(=O)C1=C(O)C(C(C)C)[C@@]2(C)C[C@@]3(C)Cc4c(C(C)C)cc(C5=CC=C(CC6CCC(C)CC6)C5)c(O)c4C(=O)C3=C(O)[C@@]2(O)C1=O. The van der Waals surface area contributed by atoms with E-state index in [1.54, 1.807) is 6.92 Å². The van der Waals surface area contributed by atoms with Gasteiger partial charge in [-0.15, -0.1) is 0 Å².